The van der Waals surface area contributed by atoms with Crippen LogP contribution in [0, 0.1) is 12.7 Å². The molecule has 2 aromatic heterocycles. The normalized spacial score (nSPS) is 10.9. The molecule has 0 radical (unpaired) electrons. The fourth-order valence-electron chi connectivity index (χ4n) is 2.91. The number of fused-ring (bicyclic) bond motifs is 1. The number of nitrogens with one attached hydrogen (secondary N) is 2. The maximum atomic E-state index is 13.1. The van der Waals surface area contributed by atoms with Crippen LogP contribution in [0.4, 0.5) is 10.1 Å². The molecule has 0 saturated carbocycles. The van der Waals surface area contributed by atoms with Gasteiger partial charge in [-0.1, -0.05) is 17.7 Å². The average molecular weight is 458 g/mol. The van der Waals surface area contributed by atoms with E-state index in [4.69, 9.17) is 11.6 Å². The Kier molecular flexibility index (Phi) is 5.97. The summed E-state index contributed by atoms with van der Waals surface area (Å²) in [5, 5.41) is 12.0. The van der Waals surface area contributed by atoms with Crippen LogP contribution in [0.25, 0.3) is 16.3 Å². The van der Waals surface area contributed by atoms with Crippen LogP contribution in [0.15, 0.2) is 47.8 Å². The number of nitrogens with zero attached hydrogens (tertiary/aromatic N) is 3. The third kappa shape index (κ3) is 4.73. The van der Waals surface area contributed by atoms with E-state index in [1.807, 2.05) is 12.3 Å². The maximum absolute atomic E-state index is 13.1. The Hall–Kier alpha value is -3.30. The zero-order valence-electron chi connectivity index (χ0n) is 16.4. The minimum Gasteiger partial charge on any atom is -0.347 e. The molecule has 0 atom stereocenters. The first-order chi connectivity index (χ1) is 14.9. The van der Waals surface area contributed by atoms with Crippen molar-refractivity contribution >= 4 is 45.4 Å². The third-order valence-corrected chi connectivity index (χ3v) is 5.67. The summed E-state index contributed by atoms with van der Waals surface area (Å²) in [6.45, 7) is 2.06. The topological polar surface area (TPSA) is 88.4 Å². The van der Waals surface area contributed by atoms with Crippen LogP contribution in [0.3, 0.4) is 0 Å². The molecule has 0 fully saturated rings. The molecule has 0 aliphatic rings. The lowest BCUT2D eigenvalue weighted by Crippen LogP contribution is -2.36. The molecule has 2 amide bonds. The molecule has 4 aromatic rings. The fourth-order valence-corrected chi connectivity index (χ4v) is 3.94. The second-order valence-corrected chi connectivity index (χ2v) is 8.06. The van der Waals surface area contributed by atoms with Gasteiger partial charge in [-0.05, 0) is 48.9 Å². The number of hydrogen-bond donors (Lipinski definition) is 2. The molecule has 2 N–H and O–H groups in total. The van der Waals surface area contributed by atoms with E-state index in [0.29, 0.717) is 33.5 Å². The first kappa shape index (κ1) is 21.0. The predicted molar refractivity (Wildman–Crippen MR) is 118 cm³/mol. The van der Waals surface area contributed by atoms with Crippen molar-refractivity contribution in [2.24, 2.45) is 0 Å². The number of hydrogen-bond acceptors (Lipinski definition) is 5. The molecule has 0 saturated heterocycles. The Labute approximate surface area is 185 Å². The Morgan fingerprint density at radius 2 is 1.94 bits per heavy atom. The molecular weight excluding hydrogens is 441 g/mol. The molecule has 0 bridgehead atoms. The summed E-state index contributed by atoms with van der Waals surface area (Å²) < 4.78 is 14.8. The van der Waals surface area contributed by atoms with Crippen molar-refractivity contribution in [1.82, 2.24) is 19.9 Å². The van der Waals surface area contributed by atoms with E-state index in [0.717, 1.165) is 11.3 Å². The summed E-state index contributed by atoms with van der Waals surface area (Å²) in [7, 11) is 0. The summed E-state index contributed by atoms with van der Waals surface area (Å²) in [6, 6.07) is 11.0. The lowest BCUT2D eigenvalue weighted by atomic mass is 10.2. The average Bonchev–Trinajstić information content (AvgIpc) is 3.33. The number of halogens is 2. The van der Waals surface area contributed by atoms with Gasteiger partial charge >= 0.3 is 11.8 Å². The molecule has 10 heteroatoms. The molecule has 0 unspecified atom stereocenters. The SMILES string of the molecule is Cc1ccc(Cl)cc1NC(=O)C(=O)NCCc1csc2nc(-c3ccc(F)cc3)nn12. The molecule has 31 heavy (non-hydrogen) atoms. The number of aromatic nitrogens is 3. The van der Waals surface area contributed by atoms with Gasteiger partial charge in [-0.2, -0.15) is 4.98 Å². The predicted octanol–water partition coefficient (Wildman–Crippen LogP) is 3.86. The van der Waals surface area contributed by atoms with E-state index in [2.05, 4.69) is 20.7 Å². The van der Waals surface area contributed by atoms with Gasteiger partial charge in [0, 0.05) is 34.6 Å². The number of amides is 2. The van der Waals surface area contributed by atoms with Crippen LogP contribution < -0.4 is 10.6 Å². The Morgan fingerprint density at radius 3 is 2.71 bits per heavy atom. The Bertz CT molecular complexity index is 1270. The fraction of sp³-hybridized carbons (Fsp3) is 0.143. The molecule has 0 spiro atoms. The highest BCUT2D eigenvalue weighted by molar-refractivity contribution is 7.15. The van der Waals surface area contributed by atoms with Gasteiger partial charge in [-0.25, -0.2) is 8.91 Å². The van der Waals surface area contributed by atoms with E-state index in [1.54, 1.807) is 34.8 Å². The van der Waals surface area contributed by atoms with Crippen molar-refractivity contribution in [2.45, 2.75) is 13.3 Å². The molecule has 2 aromatic carbocycles. The monoisotopic (exact) mass is 457 g/mol. The Balaban J connectivity index is 1.37. The largest absolute Gasteiger partial charge is 0.347 e. The van der Waals surface area contributed by atoms with Crippen molar-refractivity contribution in [1.29, 1.82) is 0 Å². The first-order valence-corrected chi connectivity index (χ1v) is 10.6. The summed E-state index contributed by atoms with van der Waals surface area (Å²) in [4.78, 5) is 29.4. The van der Waals surface area contributed by atoms with Crippen molar-refractivity contribution in [3.8, 4) is 11.4 Å². The number of rotatable bonds is 5. The van der Waals surface area contributed by atoms with Gasteiger partial charge in [0.15, 0.2) is 5.82 Å². The number of benzene rings is 2. The van der Waals surface area contributed by atoms with Crippen LogP contribution in [-0.2, 0) is 16.0 Å². The van der Waals surface area contributed by atoms with E-state index in [1.165, 1.54) is 23.5 Å². The standard InChI is InChI=1S/C21H17ClFN5O2S/c1-12-2-5-14(22)10-17(12)25-20(30)19(29)24-9-8-16-11-31-21-26-18(27-28(16)21)13-3-6-15(23)7-4-13/h2-7,10-11H,8-9H2,1H3,(H,24,29)(H,25,30). The van der Waals surface area contributed by atoms with Crippen molar-refractivity contribution in [2.75, 3.05) is 11.9 Å². The summed E-state index contributed by atoms with van der Waals surface area (Å²) in [5.41, 5.74) is 2.84. The van der Waals surface area contributed by atoms with Gasteiger partial charge in [0.2, 0.25) is 4.96 Å². The first-order valence-electron chi connectivity index (χ1n) is 9.35. The van der Waals surface area contributed by atoms with Gasteiger partial charge in [-0.3, -0.25) is 9.59 Å². The lowest BCUT2D eigenvalue weighted by molar-refractivity contribution is -0.136. The second kappa shape index (κ2) is 8.83. The molecule has 0 aliphatic heterocycles. The van der Waals surface area contributed by atoms with Crippen LogP contribution in [-0.4, -0.2) is 33.0 Å². The van der Waals surface area contributed by atoms with E-state index in [-0.39, 0.29) is 12.4 Å². The van der Waals surface area contributed by atoms with Crippen LogP contribution >= 0.6 is 22.9 Å². The highest BCUT2D eigenvalue weighted by Gasteiger charge is 2.16. The van der Waals surface area contributed by atoms with Gasteiger partial charge in [-0.15, -0.1) is 16.4 Å². The molecule has 4 rings (SSSR count). The van der Waals surface area contributed by atoms with E-state index in [9.17, 15) is 14.0 Å². The highest BCUT2D eigenvalue weighted by Crippen LogP contribution is 2.22. The zero-order chi connectivity index (χ0) is 22.0. The van der Waals surface area contributed by atoms with Crippen molar-refractivity contribution in [3.05, 3.63) is 69.9 Å². The van der Waals surface area contributed by atoms with Gasteiger partial charge < -0.3 is 10.6 Å². The van der Waals surface area contributed by atoms with Crippen LogP contribution in [0.2, 0.25) is 5.02 Å². The van der Waals surface area contributed by atoms with Gasteiger partial charge in [0.1, 0.15) is 5.82 Å². The minimum absolute atomic E-state index is 0.248. The Morgan fingerprint density at radius 1 is 1.16 bits per heavy atom. The van der Waals surface area contributed by atoms with Gasteiger partial charge in [0.25, 0.3) is 0 Å². The third-order valence-electron chi connectivity index (χ3n) is 4.57. The number of aryl methyl sites for hydroxylation is 1. The van der Waals surface area contributed by atoms with Gasteiger partial charge in [0.05, 0.1) is 5.69 Å². The zero-order valence-corrected chi connectivity index (χ0v) is 17.9. The summed E-state index contributed by atoms with van der Waals surface area (Å²) in [5.74, 6) is -1.33. The van der Waals surface area contributed by atoms with Crippen LogP contribution in [0.1, 0.15) is 11.3 Å². The molecule has 0 aliphatic carbocycles. The van der Waals surface area contributed by atoms with E-state index >= 15 is 0 Å². The number of anilines is 1. The molecule has 158 valence electrons. The number of carbonyl (C=O) groups is 2. The molecule has 2 heterocycles. The van der Waals surface area contributed by atoms with Crippen molar-refractivity contribution < 1.29 is 14.0 Å². The minimum atomic E-state index is -0.764. The summed E-state index contributed by atoms with van der Waals surface area (Å²) in [6.07, 6.45) is 0.460. The molecular formula is C21H17ClFN5O2S. The lowest BCUT2D eigenvalue weighted by Gasteiger charge is -2.09. The smallest absolute Gasteiger partial charge is 0.313 e. The van der Waals surface area contributed by atoms with Crippen molar-refractivity contribution in [3.63, 3.8) is 0 Å². The highest BCUT2D eigenvalue weighted by atomic mass is 35.5. The quantitative estimate of drug-likeness (QED) is 0.445. The number of thiazole rings is 1. The van der Waals surface area contributed by atoms with E-state index < -0.39 is 11.8 Å². The maximum Gasteiger partial charge on any atom is 0.313 e. The number of carbonyl (C=O) groups excluding carboxylic acids is 2. The second-order valence-electron chi connectivity index (χ2n) is 6.78. The molecule has 7 nitrogen and oxygen atoms in total. The summed E-state index contributed by atoms with van der Waals surface area (Å²) >= 11 is 7.35. The van der Waals surface area contributed by atoms with Crippen LogP contribution in [0.5, 0.6) is 0 Å².